The molecule has 0 atom stereocenters. The number of nitrogens with zero attached hydrogens (tertiary/aromatic N) is 2. The molecule has 0 fully saturated rings. The molecule has 3 aromatic rings. The number of hydrogen-bond donors (Lipinski definition) is 1. The van der Waals surface area contributed by atoms with Crippen LogP contribution in [0.3, 0.4) is 0 Å². The number of rotatable bonds is 7. The molecule has 0 saturated heterocycles. The summed E-state index contributed by atoms with van der Waals surface area (Å²) in [6.07, 6.45) is 3.24. The van der Waals surface area contributed by atoms with Crippen molar-refractivity contribution in [1.29, 1.82) is 0 Å². The number of hydrogen-bond acceptors (Lipinski definition) is 4. The molecule has 1 heterocycles. The molecule has 140 valence electrons. The second-order valence-electron chi connectivity index (χ2n) is 5.89. The van der Waals surface area contributed by atoms with Gasteiger partial charge in [0.05, 0.1) is 32.5 Å². The second kappa shape index (κ2) is 8.60. The summed E-state index contributed by atoms with van der Waals surface area (Å²) in [5.74, 6) is 1.07. The maximum atomic E-state index is 12.4. The fourth-order valence-corrected chi connectivity index (χ4v) is 2.84. The third-order valence-corrected chi connectivity index (χ3v) is 4.46. The summed E-state index contributed by atoms with van der Waals surface area (Å²) in [7, 11) is 3.16. The summed E-state index contributed by atoms with van der Waals surface area (Å²) in [6, 6.07) is 13.1. The van der Waals surface area contributed by atoms with Crippen molar-refractivity contribution < 1.29 is 14.3 Å². The molecule has 0 aliphatic heterocycles. The highest BCUT2D eigenvalue weighted by atomic mass is 35.5. The van der Waals surface area contributed by atoms with Crippen molar-refractivity contribution in [3.8, 4) is 11.5 Å². The molecule has 1 N–H and O–H groups in total. The van der Waals surface area contributed by atoms with Crippen LogP contribution < -0.4 is 14.8 Å². The predicted octanol–water partition coefficient (Wildman–Crippen LogP) is 3.53. The van der Waals surface area contributed by atoms with Gasteiger partial charge in [0.15, 0.2) is 11.5 Å². The van der Waals surface area contributed by atoms with Crippen molar-refractivity contribution in [3.05, 3.63) is 76.6 Å². The van der Waals surface area contributed by atoms with Gasteiger partial charge in [0.25, 0.3) is 5.91 Å². The lowest BCUT2D eigenvalue weighted by atomic mass is 10.2. The first-order valence-electron chi connectivity index (χ1n) is 8.35. The van der Waals surface area contributed by atoms with Crippen molar-refractivity contribution in [2.24, 2.45) is 0 Å². The van der Waals surface area contributed by atoms with Gasteiger partial charge >= 0.3 is 0 Å². The van der Waals surface area contributed by atoms with Crippen LogP contribution >= 0.6 is 11.6 Å². The minimum absolute atomic E-state index is 0.199. The highest BCUT2D eigenvalue weighted by molar-refractivity contribution is 6.31. The van der Waals surface area contributed by atoms with Crippen LogP contribution in [0.2, 0.25) is 5.02 Å². The SMILES string of the molecule is COc1ccc(CNC(=O)c2cnn(Cc3ccccc3Cl)c2)cc1OC. The molecule has 0 spiro atoms. The van der Waals surface area contributed by atoms with Crippen molar-refractivity contribution >= 4 is 17.5 Å². The Morgan fingerprint density at radius 2 is 1.93 bits per heavy atom. The normalized spacial score (nSPS) is 10.5. The Balaban J connectivity index is 1.62. The highest BCUT2D eigenvalue weighted by Gasteiger charge is 2.11. The van der Waals surface area contributed by atoms with Crippen LogP contribution in [0, 0.1) is 0 Å². The van der Waals surface area contributed by atoms with E-state index in [1.165, 1.54) is 0 Å². The molecule has 27 heavy (non-hydrogen) atoms. The van der Waals surface area contributed by atoms with Gasteiger partial charge in [0.1, 0.15) is 0 Å². The zero-order valence-corrected chi connectivity index (χ0v) is 15.9. The van der Waals surface area contributed by atoms with Crippen molar-refractivity contribution in [1.82, 2.24) is 15.1 Å². The molecule has 0 radical (unpaired) electrons. The molecule has 0 bridgehead atoms. The Morgan fingerprint density at radius 3 is 2.67 bits per heavy atom. The molecule has 3 rings (SSSR count). The third-order valence-electron chi connectivity index (χ3n) is 4.09. The van der Waals surface area contributed by atoms with Crippen molar-refractivity contribution in [2.75, 3.05) is 14.2 Å². The van der Waals surface area contributed by atoms with E-state index < -0.39 is 0 Å². The second-order valence-corrected chi connectivity index (χ2v) is 6.30. The summed E-state index contributed by atoms with van der Waals surface area (Å²) in [5, 5.41) is 7.79. The fraction of sp³-hybridized carbons (Fsp3) is 0.200. The predicted molar refractivity (Wildman–Crippen MR) is 103 cm³/mol. The molecule has 7 heteroatoms. The molecule has 0 saturated carbocycles. The molecule has 1 aromatic heterocycles. The Morgan fingerprint density at radius 1 is 1.15 bits per heavy atom. The molecule has 0 aliphatic rings. The summed E-state index contributed by atoms with van der Waals surface area (Å²) in [5.41, 5.74) is 2.34. The van der Waals surface area contributed by atoms with Crippen LogP contribution in [0.1, 0.15) is 21.5 Å². The number of amides is 1. The minimum atomic E-state index is -0.199. The standard InChI is InChI=1S/C20H20ClN3O3/c1-26-18-8-7-14(9-19(18)27-2)10-22-20(25)16-11-23-24(13-16)12-15-5-3-4-6-17(15)21/h3-9,11,13H,10,12H2,1-2H3,(H,22,25). The highest BCUT2D eigenvalue weighted by Crippen LogP contribution is 2.27. The van der Waals surface area contributed by atoms with E-state index in [-0.39, 0.29) is 5.91 Å². The Kier molecular flexibility index (Phi) is 5.98. The maximum absolute atomic E-state index is 12.4. The van der Waals surface area contributed by atoms with Gasteiger partial charge < -0.3 is 14.8 Å². The van der Waals surface area contributed by atoms with Gasteiger partial charge in [-0.3, -0.25) is 9.48 Å². The lowest BCUT2D eigenvalue weighted by molar-refractivity contribution is 0.0951. The summed E-state index contributed by atoms with van der Waals surface area (Å²) < 4.78 is 12.2. The summed E-state index contributed by atoms with van der Waals surface area (Å²) in [6.45, 7) is 0.873. The molecule has 0 unspecified atom stereocenters. The van der Waals surface area contributed by atoms with E-state index in [1.807, 2.05) is 42.5 Å². The molecular weight excluding hydrogens is 366 g/mol. The number of carbonyl (C=O) groups is 1. The van der Waals surface area contributed by atoms with Crippen LogP contribution in [-0.4, -0.2) is 29.9 Å². The first kappa shape index (κ1) is 18.8. The quantitative estimate of drug-likeness (QED) is 0.675. The Labute approximate surface area is 162 Å². The molecular formula is C20H20ClN3O3. The molecule has 1 amide bonds. The smallest absolute Gasteiger partial charge is 0.254 e. The first-order chi connectivity index (χ1) is 13.1. The average molecular weight is 386 g/mol. The number of nitrogens with one attached hydrogen (secondary N) is 1. The first-order valence-corrected chi connectivity index (χ1v) is 8.73. The van der Waals surface area contributed by atoms with E-state index in [2.05, 4.69) is 10.4 Å². The van der Waals surface area contributed by atoms with Gasteiger partial charge in [-0.15, -0.1) is 0 Å². The van der Waals surface area contributed by atoms with Gasteiger partial charge in [0.2, 0.25) is 0 Å². The van der Waals surface area contributed by atoms with Crippen molar-refractivity contribution in [2.45, 2.75) is 13.1 Å². The van der Waals surface area contributed by atoms with E-state index in [4.69, 9.17) is 21.1 Å². The summed E-state index contributed by atoms with van der Waals surface area (Å²) in [4.78, 5) is 12.4. The monoisotopic (exact) mass is 385 g/mol. The Bertz CT molecular complexity index is 940. The topological polar surface area (TPSA) is 65.4 Å². The number of aromatic nitrogens is 2. The molecule has 2 aromatic carbocycles. The maximum Gasteiger partial charge on any atom is 0.254 e. The zero-order chi connectivity index (χ0) is 19.2. The molecule has 0 aliphatic carbocycles. The number of halogens is 1. The van der Waals surface area contributed by atoms with Crippen LogP contribution in [0.25, 0.3) is 0 Å². The number of benzene rings is 2. The number of carbonyl (C=O) groups excluding carboxylic acids is 1. The lowest BCUT2D eigenvalue weighted by Crippen LogP contribution is -2.22. The van der Waals surface area contributed by atoms with Crippen LogP contribution in [0.4, 0.5) is 0 Å². The zero-order valence-electron chi connectivity index (χ0n) is 15.1. The third kappa shape index (κ3) is 4.60. The van der Waals surface area contributed by atoms with Gasteiger partial charge in [-0.2, -0.15) is 5.10 Å². The van der Waals surface area contributed by atoms with Gasteiger partial charge in [-0.05, 0) is 29.3 Å². The van der Waals surface area contributed by atoms with E-state index in [9.17, 15) is 4.79 Å². The van der Waals surface area contributed by atoms with E-state index in [0.29, 0.717) is 35.2 Å². The van der Waals surface area contributed by atoms with Gasteiger partial charge in [-0.1, -0.05) is 35.9 Å². The van der Waals surface area contributed by atoms with Crippen LogP contribution in [-0.2, 0) is 13.1 Å². The summed E-state index contributed by atoms with van der Waals surface area (Å²) >= 11 is 6.17. The number of methoxy groups -OCH3 is 2. The Hall–Kier alpha value is -2.99. The average Bonchev–Trinajstić information content (AvgIpc) is 3.16. The fourth-order valence-electron chi connectivity index (χ4n) is 2.64. The lowest BCUT2D eigenvalue weighted by Gasteiger charge is -2.10. The van der Waals surface area contributed by atoms with E-state index in [1.54, 1.807) is 31.3 Å². The van der Waals surface area contributed by atoms with Gasteiger partial charge in [-0.25, -0.2) is 0 Å². The van der Waals surface area contributed by atoms with E-state index in [0.717, 1.165) is 11.1 Å². The van der Waals surface area contributed by atoms with Crippen LogP contribution in [0.15, 0.2) is 54.9 Å². The van der Waals surface area contributed by atoms with Gasteiger partial charge in [0, 0.05) is 17.8 Å². The largest absolute Gasteiger partial charge is 0.493 e. The number of ether oxygens (including phenoxy) is 2. The van der Waals surface area contributed by atoms with Crippen LogP contribution in [0.5, 0.6) is 11.5 Å². The minimum Gasteiger partial charge on any atom is -0.493 e. The molecule has 6 nitrogen and oxygen atoms in total. The van der Waals surface area contributed by atoms with Crippen molar-refractivity contribution in [3.63, 3.8) is 0 Å². The van der Waals surface area contributed by atoms with E-state index >= 15 is 0 Å².